The minimum atomic E-state index is -0.140. The lowest BCUT2D eigenvalue weighted by Gasteiger charge is -1.96. The first kappa shape index (κ1) is 7.64. The minimum absolute atomic E-state index is 0.140. The number of carbonyl (C=O) groups excluding carboxylic acids is 1. The lowest BCUT2D eigenvalue weighted by Crippen LogP contribution is -2.73. The molecule has 1 aliphatic rings. The zero-order valence-corrected chi connectivity index (χ0v) is 8.12. The Morgan fingerprint density at radius 2 is 2.33 bits per heavy atom. The molecule has 58 valence electrons. The highest BCUT2D eigenvalue weighted by Gasteiger charge is 2.18. The van der Waals surface area contributed by atoms with Gasteiger partial charge in [-0.25, -0.2) is 4.79 Å². The third kappa shape index (κ3) is 1.19. The molecule has 1 amide bonds. The number of benzene rings is 1. The van der Waals surface area contributed by atoms with Gasteiger partial charge in [0.1, 0.15) is 5.56 Å². The van der Waals surface area contributed by atoms with Gasteiger partial charge in [-0.05, 0) is 40.8 Å². The molecule has 1 heterocycles. The number of hydrogen-bond donors (Lipinski definition) is 1. The fraction of sp³-hybridized carbons (Fsp3) is 0. The monoisotopic (exact) mass is 271 g/mol. The van der Waals surface area contributed by atoms with Gasteiger partial charge in [0.25, 0.3) is 0 Å². The van der Waals surface area contributed by atoms with E-state index in [4.69, 9.17) is 0 Å². The predicted octanol–water partition coefficient (Wildman–Crippen LogP) is 0.331. The summed E-state index contributed by atoms with van der Waals surface area (Å²) in [6.45, 7) is 0. The van der Waals surface area contributed by atoms with Crippen LogP contribution in [0.15, 0.2) is 23.2 Å². The van der Waals surface area contributed by atoms with Crippen LogP contribution in [0.25, 0.3) is 0 Å². The van der Waals surface area contributed by atoms with Gasteiger partial charge in [0.05, 0.1) is 0 Å². The Balaban J connectivity index is 2.71. The Bertz CT molecular complexity index is 419. The molecule has 0 bridgehead atoms. The number of nitrogens with one attached hydrogen (secondary N) is 1. The van der Waals surface area contributed by atoms with Crippen molar-refractivity contribution in [1.29, 1.82) is 0 Å². The quantitative estimate of drug-likeness (QED) is 0.679. The zero-order valence-electron chi connectivity index (χ0n) is 5.97. The van der Waals surface area contributed by atoms with Gasteiger partial charge in [-0.3, -0.25) is 0 Å². The van der Waals surface area contributed by atoms with Crippen molar-refractivity contribution < 1.29 is 9.79 Å². The van der Waals surface area contributed by atoms with Crippen molar-refractivity contribution in [2.75, 3.05) is 0 Å². The Morgan fingerprint density at radius 3 is 3.17 bits per heavy atom. The first-order valence-electron chi connectivity index (χ1n) is 3.33. The maximum Gasteiger partial charge on any atom is 0.351 e. The molecule has 0 spiro atoms. The molecule has 0 atom stereocenters. The Kier molecular flexibility index (Phi) is 1.78. The molecule has 1 aliphatic heterocycles. The first-order valence-corrected chi connectivity index (χ1v) is 4.41. The van der Waals surface area contributed by atoms with Crippen LogP contribution in [-0.2, 0) is 0 Å². The highest BCUT2D eigenvalue weighted by atomic mass is 127. The third-order valence-electron chi connectivity index (χ3n) is 1.55. The summed E-state index contributed by atoms with van der Waals surface area (Å²) in [5.74, 6) is -0.140. The Hall–Kier alpha value is -1.000. The molecule has 3 nitrogen and oxygen atoms in total. The molecule has 0 aromatic heterocycles. The predicted molar refractivity (Wildman–Crippen MR) is 51.5 cm³/mol. The summed E-state index contributed by atoms with van der Waals surface area (Å²) >= 11 is 2.15. The number of nitrogens with zero attached hydrogens (tertiary/aromatic N) is 1. The van der Waals surface area contributed by atoms with Crippen LogP contribution in [0.3, 0.4) is 0 Å². The number of carbonyl (C=O) groups is 1. The molecule has 0 fully saturated rings. The lowest BCUT2D eigenvalue weighted by atomic mass is 10.1. The molecule has 0 aliphatic carbocycles. The van der Waals surface area contributed by atoms with Gasteiger partial charge in [-0.2, -0.15) is 4.99 Å². The number of halogens is 1. The van der Waals surface area contributed by atoms with Crippen LogP contribution in [-0.4, -0.2) is 11.9 Å². The highest BCUT2D eigenvalue weighted by molar-refractivity contribution is 14.1. The van der Waals surface area contributed by atoms with Crippen LogP contribution < -0.4 is 4.99 Å². The van der Waals surface area contributed by atoms with E-state index in [0.29, 0.717) is 11.3 Å². The van der Waals surface area contributed by atoms with E-state index >= 15 is 0 Å². The maximum absolute atomic E-state index is 11.2. The smallest absolute Gasteiger partial charge is 0.240 e. The average molecular weight is 271 g/mol. The number of rotatable bonds is 0. The Morgan fingerprint density at radius 1 is 1.50 bits per heavy atom. The molecule has 12 heavy (non-hydrogen) atoms. The topological polar surface area (TPSA) is 43.4 Å². The van der Waals surface area contributed by atoms with Crippen molar-refractivity contribution in [2.45, 2.75) is 0 Å². The van der Waals surface area contributed by atoms with Gasteiger partial charge in [0, 0.05) is 8.56 Å². The molecular formula is C8H4IN2O+. The van der Waals surface area contributed by atoms with Crippen molar-refractivity contribution >= 4 is 40.2 Å². The summed E-state index contributed by atoms with van der Waals surface area (Å²) in [4.78, 5) is 17.5. The van der Waals surface area contributed by atoms with E-state index in [9.17, 15) is 4.79 Å². The summed E-state index contributed by atoms with van der Waals surface area (Å²) in [6.07, 6.45) is 0. The molecular weight excluding hydrogens is 267 g/mol. The molecule has 0 radical (unpaired) electrons. The summed E-state index contributed by atoms with van der Waals surface area (Å²) in [5.41, 5.74) is 1.29. The van der Waals surface area contributed by atoms with Crippen LogP contribution in [0.1, 0.15) is 10.4 Å². The second kappa shape index (κ2) is 2.80. The maximum atomic E-state index is 11.2. The van der Waals surface area contributed by atoms with Gasteiger partial charge >= 0.3 is 11.9 Å². The van der Waals surface area contributed by atoms with E-state index in [2.05, 4.69) is 38.6 Å². The van der Waals surface area contributed by atoms with E-state index in [-0.39, 0.29) is 5.91 Å². The molecule has 4 heteroatoms. The third-order valence-corrected chi connectivity index (χ3v) is 2.22. The normalized spacial score (nSPS) is 13.2. The van der Waals surface area contributed by atoms with Crippen LogP contribution in [0.4, 0.5) is 5.69 Å². The summed E-state index contributed by atoms with van der Waals surface area (Å²) < 4.78 is 1.03. The minimum Gasteiger partial charge on any atom is -0.240 e. The van der Waals surface area contributed by atoms with Crippen LogP contribution >= 0.6 is 22.6 Å². The van der Waals surface area contributed by atoms with Gasteiger partial charge in [0.2, 0.25) is 5.69 Å². The lowest BCUT2D eigenvalue weighted by molar-refractivity contribution is -0.338. The highest BCUT2D eigenvalue weighted by Crippen LogP contribution is 2.20. The first-order chi connectivity index (χ1) is 5.77. The molecule has 0 saturated carbocycles. The van der Waals surface area contributed by atoms with Gasteiger partial charge in [-0.15, -0.1) is 0 Å². The van der Waals surface area contributed by atoms with Gasteiger partial charge in [-0.1, -0.05) is 0 Å². The number of hydrogen-bond acceptors (Lipinski definition) is 2. The van der Waals surface area contributed by atoms with Crippen molar-refractivity contribution in [3.8, 4) is 0 Å². The largest absolute Gasteiger partial charge is 0.351 e. The summed E-state index contributed by atoms with van der Waals surface area (Å²) in [6, 6.07) is 7.95. The standard InChI is InChI=1S/C8H3IN2O/c9-5-1-2-7-6(3-5)8(12)11-4-10-7/h1-3H/p+1. The van der Waals surface area contributed by atoms with Crippen LogP contribution in [0, 0.1) is 3.57 Å². The number of amides is 1. The number of fused-ring (bicyclic) bond motifs is 1. The zero-order chi connectivity index (χ0) is 8.55. The molecule has 1 aromatic rings. The van der Waals surface area contributed by atoms with Crippen molar-refractivity contribution in [2.24, 2.45) is 4.99 Å². The van der Waals surface area contributed by atoms with Crippen molar-refractivity contribution in [3.05, 3.63) is 27.3 Å². The summed E-state index contributed by atoms with van der Waals surface area (Å²) in [5, 5.41) is 0. The van der Waals surface area contributed by atoms with Crippen LogP contribution in [0.2, 0.25) is 0 Å². The van der Waals surface area contributed by atoms with Gasteiger partial charge in [0.15, 0.2) is 0 Å². The van der Waals surface area contributed by atoms with E-state index in [1.54, 1.807) is 6.07 Å². The van der Waals surface area contributed by atoms with E-state index in [1.165, 1.54) is 0 Å². The van der Waals surface area contributed by atoms with Crippen LogP contribution in [0.5, 0.6) is 0 Å². The van der Waals surface area contributed by atoms with E-state index in [0.717, 1.165) is 3.57 Å². The average Bonchev–Trinajstić information content (AvgIpc) is 2.07. The van der Waals surface area contributed by atoms with Gasteiger partial charge < -0.3 is 0 Å². The van der Waals surface area contributed by atoms with E-state index < -0.39 is 0 Å². The molecule has 1 aromatic carbocycles. The Labute approximate surface area is 82.4 Å². The molecule has 0 saturated heterocycles. The second-order valence-electron chi connectivity index (χ2n) is 2.34. The fourth-order valence-corrected chi connectivity index (χ4v) is 1.49. The molecule has 1 N–H and O–H groups in total. The second-order valence-corrected chi connectivity index (χ2v) is 3.58. The molecule has 0 unspecified atom stereocenters. The van der Waals surface area contributed by atoms with Crippen molar-refractivity contribution in [1.82, 2.24) is 0 Å². The molecule has 2 rings (SSSR count). The fourth-order valence-electron chi connectivity index (χ4n) is 0.994. The SMILES string of the molecule is O=C1[NH+]=C=Nc2ccc(I)cc21. The van der Waals surface area contributed by atoms with E-state index in [1.807, 2.05) is 12.1 Å². The number of aliphatic imine (C=N–C) groups is 1. The summed E-state index contributed by atoms with van der Waals surface area (Å²) in [7, 11) is 0. The van der Waals surface area contributed by atoms with Crippen molar-refractivity contribution in [3.63, 3.8) is 0 Å².